The molecule has 0 bridgehead atoms. The summed E-state index contributed by atoms with van der Waals surface area (Å²) in [7, 11) is -3.01. The number of aryl methyl sites for hydroxylation is 1. The van der Waals surface area contributed by atoms with E-state index >= 15 is 0 Å². The van der Waals surface area contributed by atoms with Crippen LogP contribution in [0.5, 0.6) is 11.5 Å². The molecule has 1 atom stereocenters. The van der Waals surface area contributed by atoms with Crippen LogP contribution in [-0.4, -0.2) is 54.7 Å². The van der Waals surface area contributed by atoms with Gasteiger partial charge in [0.25, 0.3) is 0 Å². The van der Waals surface area contributed by atoms with Gasteiger partial charge in [-0.2, -0.15) is 5.26 Å². The number of aliphatic hydroxyl groups is 1. The Morgan fingerprint density at radius 3 is 2.25 bits per heavy atom. The minimum Gasteiger partial charge on any atom is -0.488 e. The Balaban J connectivity index is 1.36. The number of pyridine rings is 1. The molecule has 10 nitrogen and oxygen atoms in total. The fourth-order valence-electron chi connectivity index (χ4n) is 6.29. The van der Waals surface area contributed by atoms with E-state index in [1.54, 1.807) is 24.4 Å². The van der Waals surface area contributed by atoms with Gasteiger partial charge in [-0.1, -0.05) is 72.3 Å². The molecule has 0 saturated carbocycles. The van der Waals surface area contributed by atoms with Crippen LogP contribution in [0.2, 0.25) is 5.02 Å². The second kappa shape index (κ2) is 18.6. The lowest BCUT2D eigenvalue weighted by Crippen LogP contribution is -2.32. The van der Waals surface area contributed by atoms with Crippen molar-refractivity contribution in [2.75, 3.05) is 25.2 Å². The predicted molar refractivity (Wildman–Crippen MR) is 218 cm³/mol. The van der Waals surface area contributed by atoms with Crippen LogP contribution < -0.4 is 14.8 Å². The number of carbonyl (C=O) groups is 1. The highest BCUT2D eigenvalue weighted by molar-refractivity contribution is 7.90. The maximum Gasteiger partial charge on any atom is 0.311 e. The molecule has 5 rings (SSSR count). The Kier molecular flexibility index (Phi) is 13.9. The van der Waals surface area contributed by atoms with Crippen LogP contribution in [0.3, 0.4) is 0 Å². The quantitative estimate of drug-likeness (QED) is 0.0746. The minimum absolute atomic E-state index is 0.0982. The van der Waals surface area contributed by atoms with Crippen molar-refractivity contribution in [1.29, 1.82) is 5.26 Å². The van der Waals surface area contributed by atoms with E-state index in [1.165, 1.54) is 19.4 Å². The van der Waals surface area contributed by atoms with E-state index in [1.807, 2.05) is 12.1 Å². The molecule has 292 valence electrons. The highest BCUT2D eigenvalue weighted by Crippen LogP contribution is 2.38. The van der Waals surface area contributed by atoms with Gasteiger partial charge in [0.2, 0.25) is 0 Å². The number of nitrogens with one attached hydrogen (secondary N) is 1. The summed E-state index contributed by atoms with van der Waals surface area (Å²) in [5.41, 5.74) is 8.94. The molecule has 0 saturated heterocycles. The van der Waals surface area contributed by atoms with Crippen LogP contribution in [0.25, 0.3) is 22.3 Å². The van der Waals surface area contributed by atoms with Crippen molar-refractivity contribution in [3.8, 4) is 39.8 Å². The Bertz CT molecular complexity index is 2340. The summed E-state index contributed by atoms with van der Waals surface area (Å²) in [6, 6.07) is 27.8. The maximum atomic E-state index is 11.9. The van der Waals surface area contributed by atoms with Crippen LogP contribution in [0.4, 0.5) is 0 Å². The molecule has 0 aliphatic rings. The number of rotatable bonds is 18. The zero-order valence-corrected chi connectivity index (χ0v) is 33.5. The van der Waals surface area contributed by atoms with Crippen molar-refractivity contribution in [2.45, 2.75) is 53.4 Å². The van der Waals surface area contributed by atoms with Crippen LogP contribution in [-0.2, 0) is 40.8 Å². The summed E-state index contributed by atoms with van der Waals surface area (Å²) in [6.07, 6.45) is 4.72. The van der Waals surface area contributed by atoms with Crippen LogP contribution in [0.15, 0.2) is 91.3 Å². The number of halogens is 1. The Morgan fingerprint density at radius 1 is 0.893 bits per heavy atom. The van der Waals surface area contributed by atoms with Gasteiger partial charge in [0.1, 0.15) is 40.6 Å². The lowest BCUT2D eigenvalue weighted by atomic mass is 9.85. The average Bonchev–Trinajstić information content (AvgIpc) is 3.18. The first-order valence-corrected chi connectivity index (χ1v) is 20.6. The van der Waals surface area contributed by atoms with Crippen LogP contribution in [0, 0.1) is 30.6 Å². The molecule has 0 amide bonds. The molecule has 3 N–H and O–H groups in total. The molecule has 0 fully saturated rings. The van der Waals surface area contributed by atoms with Crippen LogP contribution >= 0.6 is 11.6 Å². The number of aromatic nitrogens is 1. The second-order valence-electron chi connectivity index (χ2n) is 14.3. The summed E-state index contributed by atoms with van der Waals surface area (Å²) >= 11 is 6.77. The fourth-order valence-corrected chi connectivity index (χ4v) is 7.04. The van der Waals surface area contributed by atoms with E-state index < -0.39 is 27.8 Å². The molecule has 4 aromatic carbocycles. The van der Waals surface area contributed by atoms with Crippen molar-refractivity contribution in [3.63, 3.8) is 0 Å². The molecule has 12 heteroatoms. The number of benzene rings is 4. The van der Waals surface area contributed by atoms with E-state index in [0.717, 1.165) is 44.5 Å². The number of ether oxygens (including phenoxy) is 2. The zero-order valence-electron chi connectivity index (χ0n) is 31.9. The van der Waals surface area contributed by atoms with E-state index in [2.05, 4.69) is 78.7 Å². The van der Waals surface area contributed by atoms with E-state index in [-0.39, 0.29) is 31.8 Å². The van der Waals surface area contributed by atoms with Gasteiger partial charge in [0.15, 0.2) is 0 Å². The number of aliphatic carboxylic acids is 1. The summed E-state index contributed by atoms with van der Waals surface area (Å²) in [5.74, 6) is -0.179. The van der Waals surface area contributed by atoms with Crippen molar-refractivity contribution < 1.29 is 32.9 Å². The SMILES string of the molecule is Cc1c(COc2cc(OCc3cncc(C#N)c3)c(CC[C@@](C)(CO)C(=O)O)cc2Cl)cccc1-c1cccc(-c2ccc(CNCCS(C)(=O)=O)cc2)c1C. The maximum absolute atomic E-state index is 11.9. The van der Waals surface area contributed by atoms with Gasteiger partial charge in [0, 0.05) is 43.4 Å². The number of sulfone groups is 1. The first kappa shape index (κ1) is 41.9. The first-order chi connectivity index (χ1) is 26.7. The molecule has 1 aromatic heterocycles. The molecule has 1 heterocycles. The van der Waals surface area contributed by atoms with Gasteiger partial charge in [-0.25, -0.2) is 8.42 Å². The van der Waals surface area contributed by atoms with Gasteiger partial charge in [0.05, 0.1) is 28.4 Å². The Hall–Kier alpha value is -5.25. The Labute approximate surface area is 333 Å². The third-order valence-electron chi connectivity index (χ3n) is 9.94. The normalized spacial score (nSPS) is 12.4. The number of nitriles is 1. The zero-order chi connectivity index (χ0) is 40.5. The molecule has 0 spiro atoms. The third-order valence-corrected chi connectivity index (χ3v) is 11.2. The van der Waals surface area contributed by atoms with E-state index in [4.69, 9.17) is 21.1 Å². The van der Waals surface area contributed by atoms with Gasteiger partial charge in [-0.15, -0.1) is 0 Å². The largest absolute Gasteiger partial charge is 0.488 e. The first-order valence-electron chi connectivity index (χ1n) is 18.1. The number of aliphatic hydroxyl groups excluding tert-OH is 1. The lowest BCUT2D eigenvalue weighted by Gasteiger charge is -2.23. The molecule has 0 radical (unpaired) electrons. The molecule has 0 aliphatic heterocycles. The van der Waals surface area contributed by atoms with Crippen molar-refractivity contribution in [1.82, 2.24) is 10.3 Å². The summed E-state index contributed by atoms with van der Waals surface area (Å²) in [5, 5.41) is 32.4. The van der Waals surface area contributed by atoms with E-state index in [0.29, 0.717) is 46.3 Å². The number of nitrogens with zero attached hydrogens (tertiary/aromatic N) is 2. The van der Waals surface area contributed by atoms with Gasteiger partial charge in [-0.3, -0.25) is 9.78 Å². The smallest absolute Gasteiger partial charge is 0.311 e. The fraction of sp³-hybridized carbons (Fsp3) is 0.295. The minimum atomic E-state index is -3.01. The Morgan fingerprint density at radius 2 is 1.57 bits per heavy atom. The standard InChI is InChI=1S/C44H46ClN3O7S/c1-29-36(7-5-9-38(29)39-10-6-8-37(30(39)2)34-13-11-31(12-14-34)23-47-17-18-56(4,52)53)27-55-42-21-41(54-26-33-19-32(22-46)24-48-25-33)35(20-40(42)45)15-16-44(3,28-49)43(50)51/h5-14,19-21,24-25,47,49H,15-18,23,26-28H2,1-4H3,(H,50,51)/t44-/m0/s1. The number of carboxylic acid groups (broad SMARTS) is 1. The summed E-state index contributed by atoms with van der Waals surface area (Å²) in [4.78, 5) is 16.0. The summed E-state index contributed by atoms with van der Waals surface area (Å²) < 4.78 is 35.4. The third kappa shape index (κ3) is 10.7. The highest BCUT2D eigenvalue weighted by Gasteiger charge is 2.32. The van der Waals surface area contributed by atoms with E-state index in [9.17, 15) is 28.7 Å². The molecular weight excluding hydrogens is 750 g/mol. The molecule has 56 heavy (non-hydrogen) atoms. The van der Waals surface area contributed by atoms with Crippen LogP contribution in [0.1, 0.15) is 52.3 Å². The average molecular weight is 796 g/mol. The lowest BCUT2D eigenvalue weighted by molar-refractivity contribution is -0.150. The monoisotopic (exact) mass is 795 g/mol. The molecule has 5 aromatic rings. The van der Waals surface area contributed by atoms with Gasteiger partial charge < -0.3 is 25.0 Å². The molecular formula is C44H46ClN3O7S. The number of hydrogen-bond acceptors (Lipinski definition) is 9. The van der Waals surface area contributed by atoms with Gasteiger partial charge in [-0.05, 0) is 95.8 Å². The van der Waals surface area contributed by atoms with Crippen molar-refractivity contribution >= 4 is 27.4 Å². The number of hydrogen-bond donors (Lipinski definition) is 3. The number of carboxylic acids is 1. The van der Waals surface area contributed by atoms with Gasteiger partial charge >= 0.3 is 5.97 Å². The topological polar surface area (TPSA) is 159 Å². The molecule has 0 unspecified atom stereocenters. The van der Waals surface area contributed by atoms with Crippen molar-refractivity contribution in [3.05, 3.63) is 135 Å². The second-order valence-corrected chi connectivity index (χ2v) is 16.9. The predicted octanol–water partition coefficient (Wildman–Crippen LogP) is 7.87. The molecule has 0 aliphatic carbocycles. The highest BCUT2D eigenvalue weighted by atomic mass is 35.5. The summed E-state index contributed by atoms with van der Waals surface area (Å²) in [6.45, 7) is 6.45. The van der Waals surface area contributed by atoms with Crippen molar-refractivity contribution in [2.24, 2.45) is 5.41 Å².